The number of aryl methyl sites for hydroxylation is 2. The Labute approximate surface area is 140 Å². The molecule has 0 saturated carbocycles. The highest BCUT2D eigenvalue weighted by atomic mass is 16.2. The van der Waals surface area contributed by atoms with Gasteiger partial charge in [-0.2, -0.15) is 5.21 Å². The molecule has 3 aromatic heterocycles. The zero-order valence-electron chi connectivity index (χ0n) is 13.5. The van der Waals surface area contributed by atoms with Gasteiger partial charge in [-0.1, -0.05) is 24.3 Å². The molecule has 3 heterocycles. The minimum Gasteiger partial charge on any atom is -0.328 e. The molecule has 0 amide bonds. The highest BCUT2D eigenvalue weighted by Gasteiger charge is 2.15. The van der Waals surface area contributed by atoms with Crippen LogP contribution in [0.25, 0.3) is 22.6 Å². The van der Waals surface area contributed by atoms with E-state index in [4.69, 9.17) is 0 Å². The summed E-state index contributed by atoms with van der Waals surface area (Å²) >= 11 is 0. The smallest absolute Gasteiger partial charge is 0.328 e. The molecule has 1 N–H and O–H groups in total. The Hall–Kier alpha value is -3.56. The fourth-order valence-electron chi connectivity index (χ4n) is 2.76. The van der Waals surface area contributed by atoms with Crippen LogP contribution in [0.5, 0.6) is 0 Å². The van der Waals surface area contributed by atoms with Crippen LogP contribution in [-0.2, 0) is 20.6 Å². The van der Waals surface area contributed by atoms with Crippen molar-refractivity contribution < 1.29 is 0 Å². The third kappa shape index (κ3) is 2.35. The molecule has 0 aliphatic heterocycles. The van der Waals surface area contributed by atoms with Crippen molar-refractivity contribution in [2.24, 2.45) is 14.1 Å². The molecule has 0 unspecified atom stereocenters. The van der Waals surface area contributed by atoms with E-state index in [9.17, 15) is 9.59 Å². The number of imidazole rings is 1. The molecule has 0 atom stereocenters. The lowest BCUT2D eigenvalue weighted by Crippen LogP contribution is -2.39. The monoisotopic (exact) mass is 338 g/mol. The van der Waals surface area contributed by atoms with E-state index < -0.39 is 5.69 Å². The van der Waals surface area contributed by atoms with Gasteiger partial charge in [0.25, 0.3) is 5.56 Å². The number of hydrogen-bond donors (Lipinski definition) is 1. The Bertz CT molecular complexity index is 1170. The van der Waals surface area contributed by atoms with Crippen LogP contribution in [0.2, 0.25) is 0 Å². The average Bonchev–Trinajstić information content (AvgIpc) is 3.27. The minimum atomic E-state index is -0.404. The van der Waals surface area contributed by atoms with Crippen molar-refractivity contribution in [3.05, 3.63) is 57.0 Å². The number of benzene rings is 1. The van der Waals surface area contributed by atoms with Crippen LogP contribution in [0.1, 0.15) is 5.56 Å². The van der Waals surface area contributed by atoms with Crippen molar-refractivity contribution in [1.29, 1.82) is 0 Å². The Balaban J connectivity index is 1.77. The van der Waals surface area contributed by atoms with Crippen LogP contribution in [0.15, 0.2) is 40.2 Å². The van der Waals surface area contributed by atoms with Gasteiger partial charge < -0.3 is 4.57 Å². The van der Waals surface area contributed by atoms with Crippen LogP contribution in [0, 0.1) is 0 Å². The number of nitrogens with zero attached hydrogens (tertiary/aromatic N) is 7. The number of aromatic amines is 1. The molecule has 0 fully saturated rings. The molecule has 10 nitrogen and oxygen atoms in total. The minimum absolute atomic E-state index is 0.166. The first kappa shape index (κ1) is 15.0. The molecule has 1 aromatic carbocycles. The van der Waals surface area contributed by atoms with Gasteiger partial charge in [0.2, 0.25) is 5.82 Å². The number of nitrogens with one attached hydrogen (secondary N) is 1. The van der Waals surface area contributed by atoms with Gasteiger partial charge in [-0.05, 0) is 10.8 Å². The second-order valence-corrected chi connectivity index (χ2v) is 5.69. The van der Waals surface area contributed by atoms with Crippen LogP contribution in [-0.4, -0.2) is 39.3 Å². The third-order valence-corrected chi connectivity index (χ3v) is 4.10. The van der Waals surface area contributed by atoms with E-state index in [1.165, 1.54) is 15.5 Å². The fourth-order valence-corrected chi connectivity index (χ4v) is 2.76. The summed E-state index contributed by atoms with van der Waals surface area (Å²) in [5.41, 5.74) is 1.61. The second-order valence-electron chi connectivity index (χ2n) is 5.69. The topological polar surface area (TPSA) is 116 Å². The summed E-state index contributed by atoms with van der Waals surface area (Å²) in [4.78, 5) is 29.3. The maximum absolute atomic E-state index is 12.7. The molecule has 4 rings (SSSR count). The SMILES string of the molecule is Cn1cnc2c1c(=O)n(Cc1ccc(-c3nn[nH]n3)cc1)c(=O)n2C. The number of aromatic nitrogens is 8. The molecule has 0 spiro atoms. The number of fused-ring (bicyclic) bond motifs is 1. The number of H-pyrrole nitrogens is 1. The maximum Gasteiger partial charge on any atom is 0.332 e. The van der Waals surface area contributed by atoms with Gasteiger partial charge in [-0.3, -0.25) is 13.9 Å². The molecule has 0 saturated heterocycles. The first-order valence-electron chi connectivity index (χ1n) is 7.50. The van der Waals surface area contributed by atoms with Gasteiger partial charge in [0.15, 0.2) is 11.2 Å². The fraction of sp³-hybridized carbons (Fsp3) is 0.200. The van der Waals surface area contributed by atoms with Gasteiger partial charge >= 0.3 is 5.69 Å². The van der Waals surface area contributed by atoms with E-state index in [2.05, 4.69) is 25.6 Å². The van der Waals surface area contributed by atoms with E-state index >= 15 is 0 Å². The summed E-state index contributed by atoms with van der Waals surface area (Å²) in [5.74, 6) is 0.482. The highest BCUT2D eigenvalue weighted by molar-refractivity contribution is 5.69. The van der Waals surface area contributed by atoms with Crippen LogP contribution in [0.3, 0.4) is 0 Å². The standard InChI is InChI=1S/C15H14N8O2/c1-21-8-16-13-11(21)14(24)23(15(25)22(13)2)7-9-3-5-10(6-4-9)12-17-19-20-18-12/h3-6,8H,7H2,1-2H3,(H,17,18,19,20). The van der Waals surface area contributed by atoms with Crippen LogP contribution < -0.4 is 11.2 Å². The zero-order chi connectivity index (χ0) is 17.6. The number of tetrazole rings is 1. The van der Waals surface area contributed by atoms with Gasteiger partial charge in [0.1, 0.15) is 0 Å². The van der Waals surface area contributed by atoms with Crippen LogP contribution in [0.4, 0.5) is 0 Å². The first-order valence-corrected chi connectivity index (χ1v) is 7.50. The first-order chi connectivity index (χ1) is 12.1. The van der Waals surface area contributed by atoms with Gasteiger partial charge in [-0.15, -0.1) is 10.2 Å². The molecule has 0 aliphatic rings. The van der Waals surface area contributed by atoms with Crippen molar-refractivity contribution in [3.63, 3.8) is 0 Å². The summed E-state index contributed by atoms with van der Waals surface area (Å²) in [6, 6.07) is 7.28. The Kier molecular flexibility index (Phi) is 3.31. The second kappa shape index (κ2) is 5.51. The number of rotatable bonds is 3. The van der Waals surface area contributed by atoms with Gasteiger partial charge in [0, 0.05) is 19.7 Å². The summed E-state index contributed by atoms with van der Waals surface area (Å²) in [6.45, 7) is 0.166. The molecular weight excluding hydrogens is 324 g/mol. The molecule has 0 radical (unpaired) electrons. The van der Waals surface area contributed by atoms with E-state index in [1.807, 2.05) is 24.3 Å². The Morgan fingerprint density at radius 1 is 1.12 bits per heavy atom. The Morgan fingerprint density at radius 3 is 2.56 bits per heavy atom. The predicted octanol–water partition coefficient (Wildman–Crippen LogP) is -0.338. The molecule has 0 aliphatic carbocycles. The normalized spacial score (nSPS) is 11.3. The van der Waals surface area contributed by atoms with E-state index in [-0.39, 0.29) is 12.1 Å². The average molecular weight is 338 g/mol. The van der Waals surface area contributed by atoms with Crippen LogP contribution >= 0.6 is 0 Å². The summed E-state index contributed by atoms with van der Waals surface area (Å²) < 4.78 is 4.20. The van der Waals surface area contributed by atoms with Crippen molar-refractivity contribution in [2.45, 2.75) is 6.54 Å². The quantitative estimate of drug-likeness (QED) is 0.546. The maximum atomic E-state index is 12.7. The summed E-state index contributed by atoms with van der Waals surface area (Å²) in [7, 11) is 3.33. The molecule has 10 heteroatoms. The summed E-state index contributed by atoms with van der Waals surface area (Å²) in [5, 5.41) is 13.7. The lowest BCUT2D eigenvalue weighted by atomic mass is 10.1. The van der Waals surface area contributed by atoms with E-state index in [0.717, 1.165) is 11.1 Å². The van der Waals surface area contributed by atoms with E-state index in [0.29, 0.717) is 17.0 Å². The molecule has 4 aromatic rings. The molecule has 0 bridgehead atoms. The van der Waals surface area contributed by atoms with Gasteiger partial charge in [0.05, 0.1) is 12.9 Å². The van der Waals surface area contributed by atoms with Crippen molar-refractivity contribution >= 4 is 11.2 Å². The lowest BCUT2D eigenvalue weighted by molar-refractivity contribution is 0.655. The highest BCUT2D eigenvalue weighted by Crippen LogP contribution is 2.14. The Morgan fingerprint density at radius 2 is 1.88 bits per heavy atom. The van der Waals surface area contributed by atoms with Crippen molar-refractivity contribution in [1.82, 2.24) is 39.3 Å². The third-order valence-electron chi connectivity index (χ3n) is 4.10. The van der Waals surface area contributed by atoms with Gasteiger partial charge in [-0.25, -0.2) is 9.78 Å². The molecule has 25 heavy (non-hydrogen) atoms. The lowest BCUT2D eigenvalue weighted by Gasteiger charge is -2.09. The zero-order valence-corrected chi connectivity index (χ0v) is 13.5. The van der Waals surface area contributed by atoms with E-state index in [1.54, 1.807) is 18.7 Å². The predicted molar refractivity (Wildman–Crippen MR) is 88.9 cm³/mol. The van der Waals surface area contributed by atoms with Crippen molar-refractivity contribution in [2.75, 3.05) is 0 Å². The largest absolute Gasteiger partial charge is 0.332 e. The number of hydrogen-bond acceptors (Lipinski definition) is 6. The van der Waals surface area contributed by atoms with Crippen molar-refractivity contribution in [3.8, 4) is 11.4 Å². The molecule has 126 valence electrons. The summed E-state index contributed by atoms with van der Waals surface area (Å²) in [6.07, 6.45) is 1.52. The molecular formula is C15H14N8O2.